The van der Waals surface area contributed by atoms with Gasteiger partial charge in [-0.1, -0.05) is 0 Å². The lowest BCUT2D eigenvalue weighted by Gasteiger charge is -2.21. The molecule has 0 saturated heterocycles. The summed E-state index contributed by atoms with van der Waals surface area (Å²) in [6.45, 7) is 3.21. The fourth-order valence-electron chi connectivity index (χ4n) is 1.42. The molecule has 0 amide bonds. The Labute approximate surface area is 93.9 Å². The van der Waals surface area contributed by atoms with Gasteiger partial charge in [0.05, 0.1) is 0 Å². The van der Waals surface area contributed by atoms with Gasteiger partial charge in [0.25, 0.3) is 0 Å². The Hall–Kier alpha value is -1.65. The highest BCUT2D eigenvalue weighted by Crippen LogP contribution is 2.39. The largest absolute Gasteiger partial charge is 0.480 e. The molecule has 0 radical (unpaired) electrons. The number of carboxylic acids is 1. The summed E-state index contributed by atoms with van der Waals surface area (Å²) in [5.74, 6) is 0.208. The van der Waals surface area contributed by atoms with Gasteiger partial charge in [0, 0.05) is 17.7 Å². The van der Waals surface area contributed by atoms with Crippen molar-refractivity contribution in [1.29, 1.82) is 0 Å². The van der Waals surface area contributed by atoms with Gasteiger partial charge < -0.3 is 10.4 Å². The van der Waals surface area contributed by atoms with Crippen molar-refractivity contribution in [3.63, 3.8) is 0 Å². The van der Waals surface area contributed by atoms with E-state index in [2.05, 4.69) is 15.3 Å². The van der Waals surface area contributed by atoms with Crippen LogP contribution in [0.15, 0.2) is 12.4 Å². The van der Waals surface area contributed by atoms with Crippen LogP contribution in [0, 0.1) is 0 Å². The van der Waals surface area contributed by atoms with Gasteiger partial charge in [0.2, 0.25) is 0 Å². The Kier molecular flexibility index (Phi) is 2.53. The molecule has 16 heavy (non-hydrogen) atoms. The summed E-state index contributed by atoms with van der Waals surface area (Å²) >= 11 is 0. The highest BCUT2D eigenvalue weighted by Gasteiger charge is 2.29. The number of hydrogen-bond acceptors (Lipinski definition) is 4. The molecule has 2 N–H and O–H groups in total. The molecular formula is C11H15N3O2. The number of carbonyl (C=O) groups is 1. The molecular weight excluding hydrogens is 206 g/mol. The summed E-state index contributed by atoms with van der Waals surface area (Å²) in [5, 5.41) is 11.9. The van der Waals surface area contributed by atoms with Crippen LogP contribution in [0.1, 0.15) is 38.3 Å². The molecule has 0 aliphatic heterocycles. The van der Waals surface area contributed by atoms with E-state index in [4.69, 9.17) is 5.11 Å². The molecule has 0 bridgehead atoms. The van der Waals surface area contributed by atoms with Crippen LogP contribution in [0.3, 0.4) is 0 Å². The summed E-state index contributed by atoms with van der Waals surface area (Å²) in [4.78, 5) is 19.2. The van der Waals surface area contributed by atoms with Crippen LogP contribution in [0.5, 0.6) is 0 Å². The van der Waals surface area contributed by atoms with Gasteiger partial charge >= 0.3 is 5.97 Å². The molecule has 5 nitrogen and oxygen atoms in total. The normalized spacial score (nSPS) is 15.9. The zero-order chi connectivity index (χ0) is 11.8. The number of aliphatic carboxylic acids is 1. The molecule has 1 saturated carbocycles. The Morgan fingerprint density at radius 1 is 1.50 bits per heavy atom. The molecule has 0 atom stereocenters. The van der Waals surface area contributed by atoms with E-state index in [9.17, 15) is 4.79 Å². The zero-order valence-electron chi connectivity index (χ0n) is 9.40. The zero-order valence-corrected chi connectivity index (χ0v) is 9.40. The van der Waals surface area contributed by atoms with E-state index in [1.165, 1.54) is 19.2 Å². The summed E-state index contributed by atoms with van der Waals surface area (Å²) in [5.41, 5.74) is -0.0199. The summed E-state index contributed by atoms with van der Waals surface area (Å²) in [7, 11) is 0. The monoisotopic (exact) mass is 221 g/mol. The van der Waals surface area contributed by atoms with E-state index in [0.717, 1.165) is 5.69 Å². The van der Waals surface area contributed by atoms with Crippen molar-refractivity contribution >= 4 is 11.8 Å². The van der Waals surface area contributed by atoms with Crippen molar-refractivity contribution in [2.75, 3.05) is 5.32 Å². The average molecular weight is 221 g/mol. The van der Waals surface area contributed by atoms with Crippen LogP contribution < -0.4 is 5.32 Å². The first-order valence-electron chi connectivity index (χ1n) is 5.32. The Morgan fingerprint density at radius 3 is 2.75 bits per heavy atom. The van der Waals surface area contributed by atoms with E-state index in [0.29, 0.717) is 11.7 Å². The molecule has 0 aromatic carbocycles. The number of nitrogens with one attached hydrogen (secondary N) is 1. The topological polar surface area (TPSA) is 75.1 Å². The standard InChI is InChI=1S/C11H15N3O2/c1-11(2,10(15)16)14-9-5-8(7-3-4-7)12-6-13-9/h5-7H,3-4H2,1-2H3,(H,15,16)(H,12,13,14). The average Bonchev–Trinajstić information content (AvgIpc) is 3.00. The molecule has 2 rings (SSSR count). The summed E-state index contributed by atoms with van der Waals surface area (Å²) in [6, 6.07) is 1.84. The van der Waals surface area contributed by atoms with Crippen LogP contribution in [-0.4, -0.2) is 26.6 Å². The van der Waals surface area contributed by atoms with Crippen molar-refractivity contribution in [1.82, 2.24) is 9.97 Å². The van der Waals surface area contributed by atoms with Crippen LogP contribution in [0.25, 0.3) is 0 Å². The predicted octanol–water partition coefficient (Wildman–Crippen LogP) is 1.63. The van der Waals surface area contributed by atoms with E-state index < -0.39 is 11.5 Å². The van der Waals surface area contributed by atoms with Crippen molar-refractivity contribution in [2.24, 2.45) is 0 Å². The van der Waals surface area contributed by atoms with Crippen molar-refractivity contribution < 1.29 is 9.90 Å². The third-order valence-electron chi connectivity index (χ3n) is 2.66. The van der Waals surface area contributed by atoms with Gasteiger partial charge in [-0.25, -0.2) is 14.8 Å². The molecule has 1 aliphatic carbocycles. The minimum absolute atomic E-state index is 0.538. The highest BCUT2D eigenvalue weighted by atomic mass is 16.4. The lowest BCUT2D eigenvalue weighted by atomic mass is 10.1. The molecule has 0 spiro atoms. The second-order valence-electron chi connectivity index (χ2n) is 4.66. The van der Waals surface area contributed by atoms with Gasteiger partial charge in [-0.2, -0.15) is 0 Å². The number of rotatable bonds is 4. The molecule has 1 aliphatic rings. The maximum absolute atomic E-state index is 11.0. The number of nitrogens with zero attached hydrogens (tertiary/aromatic N) is 2. The maximum atomic E-state index is 11.0. The second kappa shape index (κ2) is 3.73. The van der Waals surface area contributed by atoms with Crippen LogP contribution in [0.2, 0.25) is 0 Å². The van der Waals surface area contributed by atoms with Gasteiger partial charge in [0.1, 0.15) is 17.7 Å². The van der Waals surface area contributed by atoms with Crippen LogP contribution >= 0.6 is 0 Å². The number of anilines is 1. The fraction of sp³-hybridized carbons (Fsp3) is 0.545. The van der Waals surface area contributed by atoms with E-state index in [1.54, 1.807) is 13.8 Å². The van der Waals surface area contributed by atoms with Gasteiger partial charge in [-0.3, -0.25) is 0 Å². The minimum Gasteiger partial charge on any atom is -0.480 e. The first-order chi connectivity index (χ1) is 7.49. The number of hydrogen-bond donors (Lipinski definition) is 2. The summed E-state index contributed by atoms with van der Waals surface area (Å²) < 4.78 is 0. The van der Waals surface area contributed by atoms with Gasteiger partial charge in [-0.15, -0.1) is 0 Å². The summed E-state index contributed by atoms with van der Waals surface area (Å²) in [6.07, 6.45) is 3.81. The Morgan fingerprint density at radius 2 is 2.19 bits per heavy atom. The fourth-order valence-corrected chi connectivity index (χ4v) is 1.42. The van der Waals surface area contributed by atoms with E-state index >= 15 is 0 Å². The van der Waals surface area contributed by atoms with Crippen molar-refractivity contribution in [2.45, 2.75) is 38.1 Å². The minimum atomic E-state index is -1.02. The lowest BCUT2D eigenvalue weighted by Crippen LogP contribution is -2.40. The lowest BCUT2D eigenvalue weighted by molar-refractivity contribution is -0.141. The molecule has 86 valence electrons. The van der Waals surface area contributed by atoms with Gasteiger partial charge in [0.15, 0.2) is 0 Å². The third kappa shape index (κ3) is 2.29. The van der Waals surface area contributed by atoms with Crippen LogP contribution in [-0.2, 0) is 4.79 Å². The SMILES string of the molecule is CC(C)(Nc1cc(C2CC2)ncn1)C(=O)O. The highest BCUT2D eigenvalue weighted by molar-refractivity contribution is 5.81. The Bertz CT molecular complexity index is 413. The van der Waals surface area contributed by atoms with E-state index in [1.807, 2.05) is 6.07 Å². The molecule has 1 fully saturated rings. The third-order valence-corrected chi connectivity index (χ3v) is 2.66. The van der Waals surface area contributed by atoms with Gasteiger partial charge in [-0.05, 0) is 26.7 Å². The number of aromatic nitrogens is 2. The predicted molar refractivity (Wildman–Crippen MR) is 59.3 cm³/mol. The Balaban J connectivity index is 2.14. The first-order valence-corrected chi connectivity index (χ1v) is 5.32. The molecule has 5 heteroatoms. The smallest absolute Gasteiger partial charge is 0.328 e. The maximum Gasteiger partial charge on any atom is 0.328 e. The molecule has 0 unspecified atom stereocenters. The first kappa shape index (κ1) is 10.9. The van der Waals surface area contributed by atoms with Crippen molar-refractivity contribution in [3.8, 4) is 0 Å². The molecule has 1 heterocycles. The second-order valence-corrected chi connectivity index (χ2v) is 4.66. The molecule has 1 aromatic rings. The number of carboxylic acid groups (broad SMARTS) is 1. The van der Waals surface area contributed by atoms with Crippen LogP contribution in [0.4, 0.5) is 5.82 Å². The quantitative estimate of drug-likeness (QED) is 0.808. The van der Waals surface area contributed by atoms with E-state index in [-0.39, 0.29) is 0 Å². The molecule has 1 aromatic heterocycles. The van der Waals surface area contributed by atoms with Crippen molar-refractivity contribution in [3.05, 3.63) is 18.1 Å².